The molecule has 0 aromatic carbocycles. The van der Waals surface area contributed by atoms with Crippen molar-refractivity contribution in [2.75, 3.05) is 13.1 Å². The van der Waals surface area contributed by atoms with E-state index in [9.17, 15) is 13.2 Å². The summed E-state index contributed by atoms with van der Waals surface area (Å²) in [4.78, 5) is 7.14. The Balaban J connectivity index is 2.09. The molecule has 0 heterocycles. The maximum absolute atomic E-state index is 12.7. The van der Waals surface area contributed by atoms with Gasteiger partial charge in [-0.2, -0.15) is 13.2 Å². The molecule has 19 heavy (non-hydrogen) atoms. The molecule has 0 amide bonds. The van der Waals surface area contributed by atoms with Crippen LogP contribution < -0.4 is 0 Å². The number of nitrogens with zero attached hydrogens (tertiary/aromatic N) is 2. The third-order valence-corrected chi connectivity index (χ3v) is 4.66. The zero-order valence-corrected chi connectivity index (χ0v) is 11.0. The molecule has 2 aliphatic rings. The monoisotopic (exact) mass is 272 g/mol. The molecule has 0 unspecified atom stereocenters. The Morgan fingerprint density at radius 3 is 2.26 bits per heavy atom. The smallest absolute Gasteiger partial charge is 0.295 e. The summed E-state index contributed by atoms with van der Waals surface area (Å²) >= 11 is 0. The fraction of sp³-hybridized carbons (Fsp3) is 0.714. The zero-order valence-electron chi connectivity index (χ0n) is 11.0. The highest BCUT2D eigenvalue weighted by molar-refractivity contribution is 5.92. The van der Waals surface area contributed by atoms with Crippen LogP contribution in [0.4, 0.5) is 13.2 Å². The topological polar surface area (TPSA) is 24.7 Å². The minimum Gasteiger partial charge on any atom is -0.295 e. The van der Waals surface area contributed by atoms with Crippen LogP contribution in [0.25, 0.3) is 0 Å². The predicted molar refractivity (Wildman–Crippen MR) is 70.9 cm³/mol. The summed E-state index contributed by atoms with van der Waals surface area (Å²) in [5.74, 6) is 0. The van der Waals surface area contributed by atoms with Crippen LogP contribution in [0.5, 0.6) is 0 Å². The molecule has 0 aromatic heterocycles. The van der Waals surface area contributed by atoms with Gasteiger partial charge < -0.3 is 0 Å². The molecule has 0 spiro atoms. The van der Waals surface area contributed by atoms with Crippen LogP contribution in [0.2, 0.25) is 0 Å². The van der Waals surface area contributed by atoms with Crippen molar-refractivity contribution in [1.82, 2.24) is 0 Å². The molecule has 0 saturated heterocycles. The van der Waals surface area contributed by atoms with Gasteiger partial charge in [0.1, 0.15) is 5.71 Å². The van der Waals surface area contributed by atoms with E-state index in [0.29, 0.717) is 0 Å². The number of allylic oxidation sites excluding steroid dienone is 1. The van der Waals surface area contributed by atoms with Crippen molar-refractivity contribution in [3.05, 3.63) is 12.7 Å². The Bertz CT molecular complexity index is 401. The lowest BCUT2D eigenvalue weighted by Crippen LogP contribution is -2.28. The van der Waals surface area contributed by atoms with Crippen LogP contribution in [0, 0.1) is 10.8 Å². The highest BCUT2D eigenvalue weighted by Gasteiger charge is 2.52. The summed E-state index contributed by atoms with van der Waals surface area (Å²) in [6.07, 6.45) is 2.50. The van der Waals surface area contributed by atoms with Crippen LogP contribution in [0.1, 0.15) is 32.1 Å². The van der Waals surface area contributed by atoms with Gasteiger partial charge in [-0.3, -0.25) is 9.98 Å². The van der Waals surface area contributed by atoms with E-state index in [1.807, 2.05) is 6.08 Å². The SMILES string of the molecule is C=CC12CCC(CN=C(CN=C)C(F)(F)F)(CC1)C2. The number of alkyl halides is 3. The molecule has 2 rings (SSSR count). The molecular weight excluding hydrogens is 253 g/mol. The van der Waals surface area contributed by atoms with Crippen molar-refractivity contribution in [3.63, 3.8) is 0 Å². The standard InChI is InChI=1S/C14H19F3N2/c1-3-12-4-6-13(9-12,7-5-12)10-19-11(8-18-2)14(15,16)17/h3H,1-2,4-10H2. The zero-order chi connectivity index (χ0) is 14.1. The lowest BCUT2D eigenvalue weighted by atomic mass is 9.82. The highest BCUT2D eigenvalue weighted by atomic mass is 19.4. The molecule has 2 fully saturated rings. The lowest BCUT2D eigenvalue weighted by molar-refractivity contribution is -0.0599. The Kier molecular flexibility index (Phi) is 3.58. The van der Waals surface area contributed by atoms with Gasteiger partial charge in [0.2, 0.25) is 0 Å². The first-order valence-electron chi connectivity index (χ1n) is 6.51. The largest absolute Gasteiger partial charge is 0.430 e. The van der Waals surface area contributed by atoms with Gasteiger partial charge in [0.05, 0.1) is 6.54 Å². The van der Waals surface area contributed by atoms with Gasteiger partial charge in [-0.05, 0) is 49.7 Å². The fourth-order valence-electron chi connectivity index (χ4n) is 3.47. The summed E-state index contributed by atoms with van der Waals surface area (Å²) in [7, 11) is 0. The highest BCUT2D eigenvalue weighted by Crippen LogP contribution is 2.62. The van der Waals surface area contributed by atoms with Gasteiger partial charge in [0, 0.05) is 6.54 Å². The van der Waals surface area contributed by atoms with Crippen molar-refractivity contribution in [3.8, 4) is 0 Å². The van der Waals surface area contributed by atoms with Gasteiger partial charge in [-0.15, -0.1) is 6.58 Å². The molecule has 0 N–H and O–H groups in total. The number of hydrogen-bond acceptors (Lipinski definition) is 2. The minimum absolute atomic E-state index is 0.0497. The third kappa shape index (κ3) is 2.74. The second-order valence-electron chi connectivity index (χ2n) is 5.89. The number of halogens is 3. The lowest BCUT2D eigenvalue weighted by Gasteiger charge is -2.25. The second-order valence-corrected chi connectivity index (χ2v) is 5.89. The van der Waals surface area contributed by atoms with Crippen molar-refractivity contribution in [1.29, 1.82) is 0 Å². The van der Waals surface area contributed by atoms with Crippen LogP contribution in [-0.4, -0.2) is 31.7 Å². The Morgan fingerprint density at radius 1 is 1.21 bits per heavy atom. The molecule has 106 valence electrons. The molecular formula is C14H19F3N2. The summed E-state index contributed by atoms with van der Waals surface area (Å²) < 4.78 is 38.2. The molecule has 2 bridgehead atoms. The van der Waals surface area contributed by atoms with E-state index in [0.717, 1.165) is 32.1 Å². The fourth-order valence-corrected chi connectivity index (χ4v) is 3.47. The summed E-state index contributed by atoms with van der Waals surface area (Å²) in [5.41, 5.74) is -0.698. The number of hydrogen-bond donors (Lipinski definition) is 0. The first-order valence-corrected chi connectivity index (χ1v) is 6.51. The van der Waals surface area contributed by atoms with Crippen molar-refractivity contribution < 1.29 is 13.2 Å². The third-order valence-electron chi connectivity index (χ3n) is 4.66. The van der Waals surface area contributed by atoms with E-state index in [2.05, 4.69) is 23.3 Å². The Hall–Kier alpha value is -1.13. The van der Waals surface area contributed by atoms with E-state index >= 15 is 0 Å². The van der Waals surface area contributed by atoms with E-state index in [4.69, 9.17) is 0 Å². The van der Waals surface area contributed by atoms with Gasteiger partial charge in [0.15, 0.2) is 0 Å². The number of aliphatic imine (C=N–C) groups is 2. The van der Waals surface area contributed by atoms with Crippen molar-refractivity contribution in [2.24, 2.45) is 20.8 Å². The molecule has 2 aliphatic carbocycles. The Morgan fingerprint density at radius 2 is 1.84 bits per heavy atom. The van der Waals surface area contributed by atoms with E-state index in [1.165, 1.54) is 0 Å². The number of rotatable bonds is 5. The summed E-state index contributed by atoms with van der Waals surface area (Å²) in [6.45, 7) is 6.79. The van der Waals surface area contributed by atoms with Crippen LogP contribution in [0.3, 0.4) is 0 Å². The van der Waals surface area contributed by atoms with Crippen molar-refractivity contribution in [2.45, 2.75) is 38.3 Å². The number of fused-ring (bicyclic) bond motifs is 2. The van der Waals surface area contributed by atoms with Crippen LogP contribution in [0.15, 0.2) is 22.6 Å². The quantitative estimate of drug-likeness (QED) is 0.537. The maximum Gasteiger partial charge on any atom is 0.430 e. The van der Waals surface area contributed by atoms with Gasteiger partial charge in [-0.1, -0.05) is 6.08 Å². The van der Waals surface area contributed by atoms with Gasteiger partial charge in [-0.25, -0.2) is 0 Å². The molecule has 2 saturated carbocycles. The molecule has 5 heteroatoms. The van der Waals surface area contributed by atoms with Gasteiger partial charge in [0.25, 0.3) is 0 Å². The second kappa shape index (κ2) is 4.76. The molecule has 0 aliphatic heterocycles. The predicted octanol–water partition coefficient (Wildman–Crippen LogP) is 3.83. The Labute approximate surface area is 111 Å². The average Bonchev–Trinajstić information content (AvgIpc) is 2.90. The summed E-state index contributed by atoms with van der Waals surface area (Å²) in [5, 5.41) is 0. The minimum atomic E-state index is -4.40. The molecule has 2 nitrogen and oxygen atoms in total. The molecule has 0 radical (unpaired) electrons. The first-order chi connectivity index (χ1) is 8.85. The molecule has 0 atom stereocenters. The van der Waals surface area contributed by atoms with E-state index in [-0.39, 0.29) is 17.4 Å². The normalized spacial score (nSPS) is 34.6. The first kappa shape index (κ1) is 14.3. The molecule has 0 aromatic rings. The van der Waals surface area contributed by atoms with E-state index in [1.54, 1.807) is 0 Å². The van der Waals surface area contributed by atoms with Crippen LogP contribution >= 0.6 is 0 Å². The maximum atomic E-state index is 12.7. The summed E-state index contributed by atoms with van der Waals surface area (Å²) in [6, 6.07) is 0. The van der Waals surface area contributed by atoms with Crippen molar-refractivity contribution >= 4 is 12.4 Å². The van der Waals surface area contributed by atoms with Crippen LogP contribution in [-0.2, 0) is 0 Å². The average molecular weight is 272 g/mol. The van der Waals surface area contributed by atoms with E-state index < -0.39 is 18.4 Å². The van der Waals surface area contributed by atoms with Gasteiger partial charge >= 0.3 is 6.18 Å².